The Morgan fingerprint density at radius 2 is 2.24 bits per heavy atom. The van der Waals surface area contributed by atoms with Crippen LogP contribution in [0.1, 0.15) is 26.1 Å². The van der Waals surface area contributed by atoms with Crippen molar-refractivity contribution in [3.8, 4) is 0 Å². The molecule has 1 aromatic heterocycles. The summed E-state index contributed by atoms with van der Waals surface area (Å²) < 4.78 is 4.97. The third-order valence-corrected chi connectivity index (χ3v) is 3.35. The Balaban J connectivity index is 2.11. The summed E-state index contributed by atoms with van der Waals surface area (Å²) in [6, 6.07) is 6.02. The average Bonchev–Trinajstić information content (AvgIpc) is 2.90. The maximum atomic E-state index is 11.5. The van der Waals surface area contributed by atoms with Gasteiger partial charge in [0.15, 0.2) is 0 Å². The number of imidazole rings is 1. The second-order valence-corrected chi connectivity index (χ2v) is 4.72. The molecular weight excluding hydrogens is 268 g/mol. The second kappa shape index (κ2) is 7.08. The van der Waals surface area contributed by atoms with Crippen LogP contribution < -0.4 is 10.6 Å². The van der Waals surface area contributed by atoms with Gasteiger partial charge in [-0.2, -0.15) is 0 Å². The van der Waals surface area contributed by atoms with Crippen LogP contribution in [0.5, 0.6) is 0 Å². The Kier molecular flexibility index (Phi) is 5.16. The fraction of sp³-hybridized carbons (Fsp3) is 0.467. The summed E-state index contributed by atoms with van der Waals surface area (Å²) in [5.41, 5.74) is 8.51. The normalized spacial score (nSPS) is 10.8. The van der Waals surface area contributed by atoms with Crippen LogP contribution in [0.3, 0.4) is 0 Å². The summed E-state index contributed by atoms with van der Waals surface area (Å²) >= 11 is 0. The largest absolute Gasteiger partial charge is 0.466 e. The van der Waals surface area contributed by atoms with Gasteiger partial charge >= 0.3 is 5.97 Å². The van der Waals surface area contributed by atoms with E-state index < -0.39 is 0 Å². The third-order valence-electron chi connectivity index (χ3n) is 3.35. The van der Waals surface area contributed by atoms with Crippen molar-refractivity contribution in [2.75, 3.05) is 24.6 Å². The number of rotatable bonds is 7. The summed E-state index contributed by atoms with van der Waals surface area (Å²) in [4.78, 5) is 21.2. The minimum Gasteiger partial charge on any atom is -0.466 e. The number of benzene rings is 1. The summed E-state index contributed by atoms with van der Waals surface area (Å²) in [6.07, 6.45) is 0.386. The number of carbonyl (C=O) groups excluding carboxylic acids is 1. The molecule has 0 spiro atoms. The van der Waals surface area contributed by atoms with E-state index in [0.29, 0.717) is 26.1 Å². The number of aromatic amines is 1. The quantitative estimate of drug-likeness (QED) is 0.760. The van der Waals surface area contributed by atoms with Crippen molar-refractivity contribution in [3.63, 3.8) is 0 Å². The number of nitrogens with one attached hydrogen (secondary N) is 1. The summed E-state index contributed by atoms with van der Waals surface area (Å²) in [7, 11) is 0. The second-order valence-electron chi connectivity index (χ2n) is 4.72. The molecule has 0 amide bonds. The number of fused-ring (bicyclic) bond motifs is 1. The molecule has 0 atom stereocenters. The van der Waals surface area contributed by atoms with E-state index in [-0.39, 0.29) is 5.97 Å². The lowest BCUT2D eigenvalue weighted by Crippen LogP contribution is -2.26. The van der Waals surface area contributed by atoms with Gasteiger partial charge in [-0.1, -0.05) is 0 Å². The van der Waals surface area contributed by atoms with E-state index in [2.05, 4.69) is 21.8 Å². The zero-order valence-electron chi connectivity index (χ0n) is 12.6. The van der Waals surface area contributed by atoms with Gasteiger partial charge in [0, 0.05) is 18.8 Å². The minimum atomic E-state index is -0.163. The first kappa shape index (κ1) is 15.3. The van der Waals surface area contributed by atoms with E-state index in [1.807, 2.05) is 25.1 Å². The molecular formula is C15H22N4O2. The molecule has 2 rings (SSSR count). The van der Waals surface area contributed by atoms with Gasteiger partial charge in [0.05, 0.1) is 30.6 Å². The molecule has 0 fully saturated rings. The number of nitrogens with zero attached hydrogens (tertiary/aromatic N) is 2. The Hall–Kier alpha value is -2.08. The van der Waals surface area contributed by atoms with Gasteiger partial charge in [0.25, 0.3) is 0 Å². The van der Waals surface area contributed by atoms with Gasteiger partial charge in [-0.05, 0) is 32.0 Å². The van der Waals surface area contributed by atoms with Crippen molar-refractivity contribution in [2.24, 2.45) is 5.73 Å². The first-order valence-corrected chi connectivity index (χ1v) is 7.27. The van der Waals surface area contributed by atoms with Crippen LogP contribution in [0.4, 0.5) is 5.69 Å². The zero-order chi connectivity index (χ0) is 15.2. The van der Waals surface area contributed by atoms with Crippen molar-refractivity contribution < 1.29 is 9.53 Å². The minimum absolute atomic E-state index is 0.163. The van der Waals surface area contributed by atoms with Crippen LogP contribution in [0.15, 0.2) is 18.2 Å². The Morgan fingerprint density at radius 1 is 1.43 bits per heavy atom. The van der Waals surface area contributed by atoms with Crippen molar-refractivity contribution in [2.45, 2.75) is 26.8 Å². The zero-order valence-corrected chi connectivity index (χ0v) is 12.6. The van der Waals surface area contributed by atoms with E-state index in [1.54, 1.807) is 0 Å². The highest BCUT2D eigenvalue weighted by molar-refractivity contribution is 5.80. The summed E-state index contributed by atoms with van der Waals surface area (Å²) in [5, 5.41) is 0. The van der Waals surface area contributed by atoms with E-state index in [4.69, 9.17) is 10.5 Å². The number of hydrogen-bond donors (Lipinski definition) is 2. The van der Waals surface area contributed by atoms with Crippen LogP contribution >= 0.6 is 0 Å². The lowest BCUT2D eigenvalue weighted by atomic mass is 10.2. The van der Waals surface area contributed by atoms with Crippen LogP contribution in [-0.2, 0) is 16.1 Å². The van der Waals surface area contributed by atoms with Gasteiger partial charge in [0.2, 0.25) is 0 Å². The van der Waals surface area contributed by atoms with E-state index in [9.17, 15) is 4.79 Å². The maximum absolute atomic E-state index is 11.5. The van der Waals surface area contributed by atoms with Crippen LogP contribution in [0, 0.1) is 0 Å². The van der Waals surface area contributed by atoms with Gasteiger partial charge in [-0.3, -0.25) is 4.79 Å². The van der Waals surface area contributed by atoms with Gasteiger partial charge in [-0.25, -0.2) is 4.98 Å². The Bertz CT molecular complexity index is 609. The van der Waals surface area contributed by atoms with E-state index in [1.165, 1.54) is 0 Å². The molecule has 6 nitrogen and oxygen atoms in total. The molecule has 1 heterocycles. The lowest BCUT2D eigenvalue weighted by Gasteiger charge is -2.22. The SMILES string of the molecule is CCOC(=O)CCN(CC)c1ccc2nc(CN)[nH]c2c1. The van der Waals surface area contributed by atoms with Crippen LogP contribution in [0.2, 0.25) is 0 Å². The Morgan fingerprint density at radius 3 is 2.90 bits per heavy atom. The molecule has 3 N–H and O–H groups in total. The number of hydrogen-bond acceptors (Lipinski definition) is 5. The highest BCUT2D eigenvalue weighted by atomic mass is 16.5. The number of H-pyrrole nitrogens is 1. The number of ether oxygens (including phenoxy) is 1. The van der Waals surface area contributed by atoms with Gasteiger partial charge in [0.1, 0.15) is 5.82 Å². The number of nitrogens with two attached hydrogens (primary N) is 1. The molecule has 21 heavy (non-hydrogen) atoms. The standard InChI is InChI=1S/C15H22N4O2/c1-3-19(8-7-15(20)21-4-2)11-5-6-12-13(9-11)18-14(10-16)17-12/h5-6,9H,3-4,7-8,10,16H2,1-2H3,(H,17,18). The highest BCUT2D eigenvalue weighted by Gasteiger charge is 2.10. The Labute approximate surface area is 124 Å². The van der Waals surface area contributed by atoms with Crippen molar-refractivity contribution >= 4 is 22.7 Å². The lowest BCUT2D eigenvalue weighted by molar-refractivity contribution is -0.142. The van der Waals surface area contributed by atoms with Crippen molar-refractivity contribution in [1.29, 1.82) is 0 Å². The molecule has 0 aliphatic heterocycles. The topological polar surface area (TPSA) is 84.2 Å². The predicted molar refractivity (Wildman–Crippen MR) is 83.1 cm³/mol. The van der Waals surface area contributed by atoms with Crippen LogP contribution in [-0.4, -0.2) is 35.6 Å². The number of esters is 1. The molecule has 0 bridgehead atoms. The molecule has 1 aromatic carbocycles. The first-order valence-electron chi connectivity index (χ1n) is 7.27. The molecule has 0 aliphatic carbocycles. The fourth-order valence-corrected chi connectivity index (χ4v) is 2.27. The van der Waals surface area contributed by atoms with Crippen LogP contribution in [0.25, 0.3) is 11.0 Å². The molecule has 6 heteroatoms. The molecule has 0 unspecified atom stereocenters. The molecule has 0 aliphatic rings. The maximum Gasteiger partial charge on any atom is 0.307 e. The average molecular weight is 290 g/mol. The molecule has 0 radical (unpaired) electrons. The monoisotopic (exact) mass is 290 g/mol. The number of carbonyl (C=O) groups is 1. The van der Waals surface area contributed by atoms with E-state index >= 15 is 0 Å². The number of aromatic nitrogens is 2. The van der Waals surface area contributed by atoms with Gasteiger partial charge in [-0.15, -0.1) is 0 Å². The fourth-order valence-electron chi connectivity index (χ4n) is 2.27. The predicted octanol–water partition coefficient (Wildman–Crippen LogP) is 1.80. The summed E-state index contributed by atoms with van der Waals surface area (Å²) in [5.74, 6) is 0.612. The first-order chi connectivity index (χ1) is 10.2. The smallest absolute Gasteiger partial charge is 0.307 e. The van der Waals surface area contributed by atoms with Crippen molar-refractivity contribution in [3.05, 3.63) is 24.0 Å². The van der Waals surface area contributed by atoms with E-state index in [0.717, 1.165) is 29.1 Å². The molecule has 114 valence electrons. The molecule has 2 aromatic rings. The van der Waals surface area contributed by atoms with Gasteiger partial charge < -0.3 is 20.4 Å². The summed E-state index contributed by atoms with van der Waals surface area (Å²) in [6.45, 7) is 6.16. The molecule has 0 saturated carbocycles. The van der Waals surface area contributed by atoms with Crippen molar-refractivity contribution in [1.82, 2.24) is 9.97 Å². The number of anilines is 1. The molecule has 0 saturated heterocycles. The highest BCUT2D eigenvalue weighted by Crippen LogP contribution is 2.21. The third kappa shape index (κ3) is 3.72.